The third-order valence-corrected chi connectivity index (χ3v) is 5.23. The van der Waals surface area contributed by atoms with Crippen molar-refractivity contribution in [1.82, 2.24) is 5.32 Å². The largest absolute Gasteiger partial charge is 0.349 e. The van der Waals surface area contributed by atoms with Crippen LogP contribution in [0.1, 0.15) is 53.1 Å². The third kappa shape index (κ3) is 3.03. The average molecular weight is 305 g/mol. The Bertz CT molecular complexity index is 734. The minimum absolute atomic E-state index is 0.143. The summed E-state index contributed by atoms with van der Waals surface area (Å²) in [5, 5.41) is 3.25. The molecule has 0 heterocycles. The van der Waals surface area contributed by atoms with Crippen LogP contribution in [0.15, 0.2) is 42.5 Å². The number of benzene rings is 2. The van der Waals surface area contributed by atoms with E-state index in [1.807, 2.05) is 0 Å². The van der Waals surface area contributed by atoms with E-state index in [-0.39, 0.29) is 11.9 Å². The Balaban J connectivity index is 1.45. The smallest absolute Gasteiger partial charge is 0.224 e. The van der Waals surface area contributed by atoms with Crippen LogP contribution in [-0.2, 0) is 30.5 Å². The van der Waals surface area contributed by atoms with Gasteiger partial charge in [-0.1, -0.05) is 42.5 Å². The number of nitrogens with one attached hydrogen (secondary N) is 1. The summed E-state index contributed by atoms with van der Waals surface area (Å²) < 4.78 is 0. The lowest BCUT2D eigenvalue weighted by Gasteiger charge is -2.26. The highest BCUT2D eigenvalue weighted by atomic mass is 16.1. The number of carbonyl (C=O) groups is 1. The SMILES string of the molecule is O=C(Cc1ccc2c(c1)CCC2)N[C@H]1CCCc2ccccc21. The maximum atomic E-state index is 12.5. The van der Waals surface area contributed by atoms with Crippen molar-refractivity contribution in [1.29, 1.82) is 0 Å². The molecule has 4 rings (SSSR count). The topological polar surface area (TPSA) is 29.1 Å². The minimum atomic E-state index is 0.143. The van der Waals surface area contributed by atoms with Crippen molar-refractivity contribution in [3.8, 4) is 0 Å². The van der Waals surface area contributed by atoms with Crippen LogP contribution in [0.5, 0.6) is 0 Å². The first-order valence-electron chi connectivity index (χ1n) is 8.77. The van der Waals surface area contributed by atoms with Gasteiger partial charge in [-0.2, -0.15) is 0 Å². The molecule has 0 aromatic heterocycles. The summed E-state index contributed by atoms with van der Waals surface area (Å²) in [4.78, 5) is 12.5. The monoisotopic (exact) mass is 305 g/mol. The maximum absolute atomic E-state index is 12.5. The van der Waals surface area contributed by atoms with Crippen LogP contribution in [0.3, 0.4) is 0 Å². The highest BCUT2D eigenvalue weighted by molar-refractivity contribution is 5.79. The molecule has 1 amide bonds. The molecule has 0 saturated carbocycles. The van der Waals surface area contributed by atoms with E-state index in [1.165, 1.54) is 41.5 Å². The molecule has 118 valence electrons. The van der Waals surface area contributed by atoms with Crippen LogP contribution >= 0.6 is 0 Å². The molecular weight excluding hydrogens is 282 g/mol. The van der Waals surface area contributed by atoms with Gasteiger partial charge < -0.3 is 5.32 Å². The van der Waals surface area contributed by atoms with Crippen molar-refractivity contribution in [2.24, 2.45) is 0 Å². The van der Waals surface area contributed by atoms with Gasteiger partial charge in [0.15, 0.2) is 0 Å². The predicted octanol–water partition coefficient (Wildman–Crippen LogP) is 3.91. The van der Waals surface area contributed by atoms with Crippen LogP contribution in [0, 0.1) is 0 Å². The Morgan fingerprint density at radius 2 is 1.78 bits per heavy atom. The van der Waals surface area contributed by atoms with E-state index < -0.39 is 0 Å². The zero-order chi connectivity index (χ0) is 15.6. The minimum Gasteiger partial charge on any atom is -0.349 e. The lowest BCUT2D eigenvalue weighted by atomic mass is 9.87. The molecule has 1 N–H and O–H groups in total. The standard InChI is InChI=1S/C21H23NO/c23-21(14-15-11-12-16-6-3-8-18(16)13-15)22-20-10-4-7-17-5-1-2-9-19(17)20/h1-2,5,9,11-13,20H,3-4,6-8,10,14H2,(H,22,23)/t20-/m0/s1. The second kappa shape index (κ2) is 6.19. The third-order valence-electron chi connectivity index (χ3n) is 5.23. The second-order valence-corrected chi connectivity index (χ2v) is 6.84. The molecule has 0 aliphatic heterocycles. The van der Waals surface area contributed by atoms with Gasteiger partial charge in [0.1, 0.15) is 0 Å². The molecule has 2 nitrogen and oxygen atoms in total. The van der Waals surface area contributed by atoms with Gasteiger partial charge in [-0.25, -0.2) is 0 Å². The zero-order valence-electron chi connectivity index (χ0n) is 13.5. The van der Waals surface area contributed by atoms with Gasteiger partial charge in [0.2, 0.25) is 5.91 Å². The van der Waals surface area contributed by atoms with Crippen molar-refractivity contribution in [2.75, 3.05) is 0 Å². The van der Waals surface area contributed by atoms with E-state index >= 15 is 0 Å². The summed E-state index contributed by atoms with van der Waals surface area (Å²) >= 11 is 0. The molecular formula is C21H23NO. The summed E-state index contributed by atoms with van der Waals surface area (Å²) in [6.45, 7) is 0. The van der Waals surface area contributed by atoms with Gasteiger partial charge >= 0.3 is 0 Å². The van der Waals surface area contributed by atoms with Gasteiger partial charge in [0, 0.05) is 0 Å². The van der Waals surface area contributed by atoms with Crippen LogP contribution in [-0.4, -0.2) is 5.91 Å². The Labute approximate surface area is 137 Å². The molecule has 2 heteroatoms. The summed E-state index contributed by atoms with van der Waals surface area (Å²) in [7, 11) is 0. The molecule has 0 bridgehead atoms. The molecule has 2 aliphatic carbocycles. The Kier molecular flexibility index (Phi) is 3.90. The highest BCUT2D eigenvalue weighted by Crippen LogP contribution is 2.29. The number of hydrogen-bond donors (Lipinski definition) is 1. The highest BCUT2D eigenvalue weighted by Gasteiger charge is 2.21. The number of amides is 1. The van der Waals surface area contributed by atoms with E-state index in [0.29, 0.717) is 6.42 Å². The van der Waals surface area contributed by atoms with E-state index in [4.69, 9.17) is 0 Å². The van der Waals surface area contributed by atoms with Crippen LogP contribution in [0.4, 0.5) is 0 Å². The van der Waals surface area contributed by atoms with Gasteiger partial charge in [-0.05, 0) is 66.3 Å². The number of rotatable bonds is 3. The first-order valence-corrected chi connectivity index (χ1v) is 8.77. The Morgan fingerprint density at radius 1 is 0.957 bits per heavy atom. The molecule has 0 saturated heterocycles. The van der Waals surface area contributed by atoms with Crippen LogP contribution in [0.2, 0.25) is 0 Å². The van der Waals surface area contributed by atoms with Crippen molar-refractivity contribution >= 4 is 5.91 Å². The maximum Gasteiger partial charge on any atom is 0.224 e. The number of hydrogen-bond acceptors (Lipinski definition) is 1. The molecule has 23 heavy (non-hydrogen) atoms. The quantitative estimate of drug-likeness (QED) is 0.915. The zero-order valence-corrected chi connectivity index (χ0v) is 13.5. The van der Waals surface area contributed by atoms with Gasteiger partial charge in [-0.3, -0.25) is 4.79 Å². The Hall–Kier alpha value is -2.09. The fourth-order valence-electron chi connectivity index (χ4n) is 4.07. The van der Waals surface area contributed by atoms with E-state index in [0.717, 1.165) is 24.8 Å². The summed E-state index contributed by atoms with van der Waals surface area (Å²) in [5.74, 6) is 0.143. The van der Waals surface area contributed by atoms with Crippen LogP contribution < -0.4 is 5.32 Å². The molecule has 0 fully saturated rings. The molecule has 0 spiro atoms. The lowest BCUT2D eigenvalue weighted by Crippen LogP contribution is -2.32. The molecule has 0 radical (unpaired) electrons. The number of carbonyl (C=O) groups excluding carboxylic acids is 1. The fourth-order valence-corrected chi connectivity index (χ4v) is 4.07. The first kappa shape index (κ1) is 14.5. The van der Waals surface area contributed by atoms with Crippen molar-refractivity contribution < 1.29 is 4.79 Å². The van der Waals surface area contributed by atoms with Gasteiger partial charge in [-0.15, -0.1) is 0 Å². The lowest BCUT2D eigenvalue weighted by molar-refractivity contribution is -0.121. The van der Waals surface area contributed by atoms with E-state index in [2.05, 4.69) is 47.8 Å². The predicted molar refractivity (Wildman–Crippen MR) is 92.4 cm³/mol. The molecule has 2 aliphatic rings. The summed E-state index contributed by atoms with van der Waals surface area (Å²) in [6, 6.07) is 15.3. The van der Waals surface area contributed by atoms with E-state index in [1.54, 1.807) is 0 Å². The normalized spacial score (nSPS) is 19.0. The molecule has 2 aromatic carbocycles. The average Bonchev–Trinajstić information content (AvgIpc) is 3.03. The fraction of sp³-hybridized carbons (Fsp3) is 0.381. The first-order chi connectivity index (χ1) is 11.3. The molecule has 2 aromatic rings. The van der Waals surface area contributed by atoms with E-state index in [9.17, 15) is 4.79 Å². The van der Waals surface area contributed by atoms with Crippen LogP contribution in [0.25, 0.3) is 0 Å². The Morgan fingerprint density at radius 3 is 2.74 bits per heavy atom. The number of fused-ring (bicyclic) bond motifs is 2. The molecule has 1 atom stereocenters. The van der Waals surface area contributed by atoms with Gasteiger partial charge in [0.25, 0.3) is 0 Å². The second-order valence-electron chi connectivity index (χ2n) is 6.84. The summed E-state index contributed by atoms with van der Waals surface area (Å²) in [6.07, 6.45) is 7.44. The van der Waals surface area contributed by atoms with Crippen molar-refractivity contribution in [3.63, 3.8) is 0 Å². The molecule has 0 unspecified atom stereocenters. The number of aryl methyl sites for hydroxylation is 3. The summed E-state index contributed by atoms with van der Waals surface area (Å²) in [5.41, 5.74) is 6.75. The van der Waals surface area contributed by atoms with Crippen molar-refractivity contribution in [3.05, 3.63) is 70.3 Å². The van der Waals surface area contributed by atoms with Crippen molar-refractivity contribution in [2.45, 2.75) is 51.0 Å². The van der Waals surface area contributed by atoms with Gasteiger partial charge in [0.05, 0.1) is 12.5 Å².